The number of hydrogen-bond acceptors (Lipinski definition) is 5. The zero-order valence-corrected chi connectivity index (χ0v) is 18.2. The second kappa shape index (κ2) is 8.84. The van der Waals surface area contributed by atoms with Gasteiger partial charge in [-0.25, -0.2) is 13.4 Å². The van der Waals surface area contributed by atoms with Crippen molar-refractivity contribution in [3.63, 3.8) is 0 Å². The molecule has 2 fully saturated rings. The number of nitrogens with zero attached hydrogens (tertiary/aromatic N) is 2. The lowest BCUT2D eigenvalue weighted by Crippen LogP contribution is -2.33. The molecule has 0 saturated carbocycles. The van der Waals surface area contributed by atoms with Crippen LogP contribution in [0.15, 0.2) is 42.5 Å². The van der Waals surface area contributed by atoms with E-state index in [0.29, 0.717) is 12.3 Å². The number of amides is 1. The maximum Gasteiger partial charge on any atom is 0.326 e. The number of rotatable bonds is 6. The van der Waals surface area contributed by atoms with E-state index in [4.69, 9.17) is 4.74 Å². The lowest BCUT2D eigenvalue weighted by molar-refractivity contribution is -0.117. The molecule has 0 aliphatic carbocycles. The first-order chi connectivity index (χ1) is 14.8. The third kappa shape index (κ3) is 4.99. The smallest absolute Gasteiger partial charge is 0.326 e. The highest BCUT2D eigenvalue weighted by Gasteiger charge is 2.38. The number of anilines is 1. The number of halogens is 1. The van der Waals surface area contributed by atoms with Crippen LogP contribution < -0.4 is 13.8 Å². The normalized spacial score (nSPS) is 21.2. The molecule has 7 nitrogen and oxygen atoms in total. The molecule has 2 heterocycles. The van der Waals surface area contributed by atoms with Gasteiger partial charge in [0.25, 0.3) is 5.91 Å². The Morgan fingerprint density at radius 3 is 2.65 bits per heavy atom. The summed E-state index contributed by atoms with van der Waals surface area (Å²) >= 11 is 0. The van der Waals surface area contributed by atoms with Crippen LogP contribution in [0.1, 0.15) is 24.0 Å². The topological polar surface area (TPSA) is 79.0 Å². The summed E-state index contributed by atoms with van der Waals surface area (Å²) in [4.78, 5) is 14.0. The Hall–Kier alpha value is -2.65. The van der Waals surface area contributed by atoms with E-state index in [9.17, 15) is 13.2 Å². The summed E-state index contributed by atoms with van der Waals surface area (Å²) in [5.41, 5.74) is 1.38. The van der Waals surface area contributed by atoms with Gasteiger partial charge in [-0.2, -0.15) is 8.42 Å². The number of nitrogens with one attached hydrogen (secondary N) is 1. The molecular weight excluding hydrogens is 421 g/mol. The Morgan fingerprint density at radius 2 is 1.97 bits per heavy atom. The molecule has 2 aromatic carbocycles. The van der Waals surface area contributed by atoms with Gasteiger partial charge in [-0.05, 0) is 62.0 Å². The predicted octanol–water partition coefficient (Wildman–Crippen LogP) is 2.47. The maximum atomic E-state index is 15.3. The van der Waals surface area contributed by atoms with Crippen LogP contribution in [0.4, 0.5) is 10.1 Å². The van der Waals surface area contributed by atoms with Gasteiger partial charge in [-0.3, -0.25) is 4.79 Å². The average molecular weight is 448 g/mol. The van der Waals surface area contributed by atoms with Crippen LogP contribution >= 0.6 is 0 Å². The number of hydrogen-bond donors (Lipinski definition) is 1. The van der Waals surface area contributed by atoms with Crippen LogP contribution in [0.3, 0.4) is 0 Å². The fourth-order valence-corrected chi connectivity index (χ4v) is 5.42. The lowest BCUT2D eigenvalue weighted by atomic mass is 9.91. The van der Waals surface area contributed by atoms with Crippen molar-refractivity contribution >= 4 is 21.8 Å². The van der Waals surface area contributed by atoms with Gasteiger partial charge in [-0.1, -0.05) is 30.3 Å². The molecule has 2 aliphatic heterocycles. The molecule has 1 amide bonds. The van der Waals surface area contributed by atoms with Crippen molar-refractivity contribution in [3.05, 3.63) is 59.4 Å². The monoisotopic (exact) mass is 447 g/mol. The summed E-state index contributed by atoms with van der Waals surface area (Å²) in [7, 11) is -2.08. The van der Waals surface area contributed by atoms with E-state index in [1.165, 1.54) is 6.07 Å². The van der Waals surface area contributed by atoms with E-state index in [-0.39, 0.29) is 18.0 Å². The number of carbonyl (C=O) groups excluding carboxylic acids is 1. The molecule has 1 atom stereocenters. The molecule has 31 heavy (non-hydrogen) atoms. The molecule has 0 bridgehead atoms. The Balaban J connectivity index is 1.66. The van der Waals surface area contributed by atoms with Crippen molar-refractivity contribution in [2.45, 2.75) is 25.9 Å². The highest BCUT2D eigenvalue weighted by Crippen LogP contribution is 2.37. The summed E-state index contributed by atoms with van der Waals surface area (Å²) in [5, 5.41) is 0. The van der Waals surface area contributed by atoms with Gasteiger partial charge in [0.2, 0.25) is 0 Å². The predicted molar refractivity (Wildman–Crippen MR) is 116 cm³/mol. The molecule has 0 aromatic heterocycles. The van der Waals surface area contributed by atoms with E-state index >= 15 is 4.39 Å². The van der Waals surface area contributed by atoms with Crippen LogP contribution in [0.5, 0.6) is 5.75 Å². The highest BCUT2D eigenvalue weighted by atomic mass is 32.2. The van der Waals surface area contributed by atoms with Crippen molar-refractivity contribution in [1.82, 2.24) is 9.62 Å². The Bertz CT molecular complexity index is 1060. The molecule has 0 radical (unpaired) electrons. The maximum absolute atomic E-state index is 15.3. The van der Waals surface area contributed by atoms with Crippen molar-refractivity contribution in [2.75, 3.05) is 31.0 Å². The zero-order chi connectivity index (χ0) is 22.0. The Kier molecular flexibility index (Phi) is 6.15. The van der Waals surface area contributed by atoms with Crippen LogP contribution in [-0.4, -0.2) is 45.9 Å². The van der Waals surface area contributed by atoms with Gasteiger partial charge in [0.05, 0.1) is 0 Å². The summed E-state index contributed by atoms with van der Waals surface area (Å²) in [6.07, 6.45) is 2.83. The van der Waals surface area contributed by atoms with Crippen LogP contribution in [-0.2, 0) is 28.0 Å². The number of carbonyl (C=O) groups is 1. The highest BCUT2D eigenvalue weighted by molar-refractivity contribution is 7.92. The fourth-order valence-electron chi connectivity index (χ4n) is 4.25. The quantitative estimate of drug-likeness (QED) is 0.736. The largest absolute Gasteiger partial charge is 0.487 e. The van der Waals surface area contributed by atoms with Crippen molar-refractivity contribution in [3.8, 4) is 5.75 Å². The molecule has 1 unspecified atom stereocenters. The van der Waals surface area contributed by atoms with E-state index in [1.807, 2.05) is 35.1 Å². The van der Waals surface area contributed by atoms with Crippen LogP contribution in [0.2, 0.25) is 0 Å². The standard InChI is InChI=1S/C22H26FN3O4S/c1-25-9-5-8-17(13-25)10-18-11-19(23)22(26-14-21(27)24-31(26,28)29)20(12-18)30-15-16-6-3-2-4-7-16/h2-4,6-7,11-12,17H,5,8-10,13-15H2,1H3,(H,24,27). The molecule has 4 rings (SSSR count). The number of likely N-dealkylation sites (tertiary alicyclic amines) is 1. The summed E-state index contributed by atoms with van der Waals surface area (Å²) < 4.78 is 48.5. The van der Waals surface area contributed by atoms with E-state index in [1.54, 1.807) is 6.07 Å². The molecule has 2 aromatic rings. The molecule has 2 saturated heterocycles. The first-order valence-corrected chi connectivity index (χ1v) is 11.8. The fraction of sp³-hybridized carbons (Fsp3) is 0.409. The van der Waals surface area contributed by atoms with Gasteiger partial charge in [-0.15, -0.1) is 0 Å². The SMILES string of the molecule is CN1CCCC(Cc2cc(F)c(N3CC(=O)NS3(=O)=O)c(OCc3ccccc3)c2)C1. The first-order valence-electron chi connectivity index (χ1n) is 10.3. The molecule has 1 N–H and O–H groups in total. The van der Waals surface area contributed by atoms with Crippen molar-refractivity contribution in [2.24, 2.45) is 5.92 Å². The summed E-state index contributed by atoms with van der Waals surface area (Å²) in [6, 6.07) is 12.4. The van der Waals surface area contributed by atoms with E-state index < -0.39 is 28.5 Å². The average Bonchev–Trinajstić information content (AvgIpc) is 2.98. The van der Waals surface area contributed by atoms with E-state index in [0.717, 1.165) is 41.4 Å². The minimum absolute atomic E-state index is 0.114. The van der Waals surface area contributed by atoms with Gasteiger partial charge in [0, 0.05) is 6.54 Å². The van der Waals surface area contributed by atoms with Crippen LogP contribution in [0, 0.1) is 11.7 Å². The number of piperidine rings is 1. The third-order valence-electron chi connectivity index (χ3n) is 5.64. The lowest BCUT2D eigenvalue weighted by Gasteiger charge is -2.30. The minimum atomic E-state index is -4.16. The van der Waals surface area contributed by atoms with Gasteiger partial charge in [0.15, 0.2) is 5.82 Å². The Labute approximate surface area is 182 Å². The van der Waals surface area contributed by atoms with Crippen molar-refractivity contribution in [1.29, 1.82) is 0 Å². The molecule has 2 aliphatic rings. The van der Waals surface area contributed by atoms with Gasteiger partial charge in [0.1, 0.15) is 24.6 Å². The molecule has 0 spiro atoms. The first kappa shape index (κ1) is 21.6. The zero-order valence-electron chi connectivity index (χ0n) is 17.4. The van der Waals surface area contributed by atoms with Crippen molar-refractivity contribution < 1.29 is 22.3 Å². The number of benzene rings is 2. The molecule has 9 heteroatoms. The third-order valence-corrected chi connectivity index (χ3v) is 7.02. The summed E-state index contributed by atoms with van der Waals surface area (Å²) in [6.45, 7) is 1.66. The molecular formula is C22H26FN3O4S. The van der Waals surface area contributed by atoms with Gasteiger partial charge >= 0.3 is 10.2 Å². The van der Waals surface area contributed by atoms with E-state index in [2.05, 4.69) is 11.9 Å². The van der Waals surface area contributed by atoms with Crippen LogP contribution in [0.25, 0.3) is 0 Å². The molecule has 166 valence electrons. The minimum Gasteiger partial charge on any atom is -0.487 e. The Morgan fingerprint density at radius 1 is 1.19 bits per heavy atom. The second-order valence-corrected chi connectivity index (χ2v) is 9.81. The second-order valence-electron chi connectivity index (χ2n) is 8.21. The number of ether oxygens (including phenoxy) is 1. The van der Waals surface area contributed by atoms with Gasteiger partial charge < -0.3 is 9.64 Å². The summed E-state index contributed by atoms with van der Waals surface area (Å²) in [5.74, 6) is -0.916.